The Labute approximate surface area is 150 Å². The monoisotopic (exact) mass is 325 g/mol. The van der Waals surface area contributed by atoms with E-state index in [0.29, 0.717) is 12.1 Å². The summed E-state index contributed by atoms with van der Waals surface area (Å²) < 4.78 is 0. The molecule has 3 aromatic rings. The van der Waals surface area contributed by atoms with E-state index in [-0.39, 0.29) is 0 Å². The minimum absolute atomic E-state index is 0.483. The van der Waals surface area contributed by atoms with E-state index in [4.69, 9.17) is 0 Å². The molecule has 1 unspecified atom stereocenters. The lowest BCUT2D eigenvalue weighted by atomic mass is 10.0. The number of hydrogen-bond donors (Lipinski definition) is 0. The van der Waals surface area contributed by atoms with E-state index in [9.17, 15) is 0 Å². The van der Waals surface area contributed by atoms with Gasteiger partial charge in [0.2, 0.25) is 0 Å². The highest BCUT2D eigenvalue weighted by Gasteiger charge is 2.35. The lowest BCUT2D eigenvalue weighted by molar-refractivity contribution is 0.424. The Bertz CT molecular complexity index is 834. The van der Waals surface area contributed by atoms with Crippen molar-refractivity contribution in [2.45, 2.75) is 19.0 Å². The van der Waals surface area contributed by atoms with Gasteiger partial charge in [-0.05, 0) is 29.2 Å². The molecule has 1 aliphatic rings. The van der Waals surface area contributed by atoms with Gasteiger partial charge in [-0.2, -0.15) is 0 Å². The van der Waals surface area contributed by atoms with Crippen LogP contribution in [-0.4, -0.2) is 17.5 Å². The van der Waals surface area contributed by atoms with Crippen LogP contribution < -0.4 is 0 Å². The fourth-order valence-corrected chi connectivity index (χ4v) is 3.35. The summed E-state index contributed by atoms with van der Waals surface area (Å²) in [5.74, 6) is 0. The molecule has 0 amide bonds. The number of nitrogens with zero attached hydrogens (tertiary/aromatic N) is 1. The van der Waals surface area contributed by atoms with E-state index in [0.717, 1.165) is 6.54 Å². The van der Waals surface area contributed by atoms with Crippen molar-refractivity contribution < 1.29 is 0 Å². The summed E-state index contributed by atoms with van der Waals surface area (Å²) in [6.45, 7) is 3.44. The zero-order valence-corrected chi connectivity index (χ0v) is 14.5. The first kappa shape index (κ1) is 15.9. The van der Waals surface area contributed by atoms with Crippen LogP contribution in [-0.2, 0) is 0 Å². The molecule has 0 bridgehead atoms. The molecule has 1 nitrogen and oxygen atoms in total. The Hall–Kier alpha value is -2.64. The Morgan fingerprint density at radius 2 is 1.40 bits per heavy atom. The van der Waals surface area contributed by atoms with Gasteiger partial charge in [0.1, 0.15) is 0 Å². The van der Waals surface area contributed by atoms with Crippen LogP contribution in [0.2, 0.25) is 0 Å². The second-order valence-electron chi connectivity index (χ2n) is 6.70. The van der Waals surface area contributed by atoms with E-state index < -0.39 is 0 Å². The summed E-state index contributed by atoms with van der Waals surface area (Å²) in [6.07, 6.45) is 4.58. The van der Waals surface area contributed by atoms with Gasteiger partial charge in [-0.1, -0.05) is 97.1 Å². The van der Waals surface area contributed by atoms with Crippen molar-refractivity contribution in [3.05, 3.63) is 102 Å². The van der Waals surface area contributed by atoms with Gasteiger partial charge >= 0.3 is 0 Å². The van der Waals surface area contributed by atoms with Crippen LogP contribution in [0, 0.1) is 0 Å². The molecule has 1 heterocycles. The van der Waals surface area contributed by atoms with Gasteiger partial charge < -0.3 is 0 Å². The molecule has 3 aromatic carbocycles. The summed E-state index contributed by atoms with van der Waals surface area (Å²) in [4.78, 5) is 2.52. The van der Waals surface area contributed by atoms with Gasteiger partial charge in [-0.25, -0.2) is 0 Å². The van der Waals surface area contributed by atoms with Gasteiger partial charge in [0.15, 0.2) is 0 Å². The molecule has 0 aromatic heterocycles. The minimum atomic E-state index is 0.483. The average molecular weight is 325 g/mol. The zero-order chi connectivity index (χ0) is 17.1. The Morgan fingerprint density at radius 3 is 2.08 bits per heavy atom. The summed E-state index contributed by atoms with van der Waals surface area (Å²) in [5, 5.41) is 0. The third-order valence-electron chi connectivity index (χ3n) is 5.00. The van der Waals surface area contributed by atoms with Crippen molar-refractivity contribution in [1.82, 2.24) is 4.90 Å². The first-order valence-corrected chi connectivity index (χ1v) is 8.95. The van der Waals surface area contributed by atoms with Crippen molar-refractivity contribution in [1.29, 1.82) is 0 Å². The number of benzene rings is 3. The zero-order valence-electron chi connectivity index (χ0n) is 14.5. The van der Waals surface area contributed by atoms with Gasteiger partial charge in [-0.3, -0.25) is 4.90 Å². The normalized spacial score (nSPS) is 20.5. The van der Waals surface area contributed by atoms with Crippen molar-refractivity contribution in [3.63, 3.8) is 0 Å². The van der Waals surface area contributed by atoms with Gasteiger partial charge in [-0.15, -0.1) is 0 Å². The lowest BCUT2D eigenvalue weighted by Gasteiger charge is -2.13. The molecule has 3 atom stereocenters. The highest BCUT2D eigenvalue weighted by molar-refractivity contribution is 5.65. The predicted octanol–water partition coefficient (Wildman–Crippen LogP) is 5.81. The molecule has 0 spiro atoms. The summed E-state index contributed by atoms with van der Waals surface area (Å²) >= 11 is 0. The quantitative estimate of drug-likeness (QED) is 0.535. The van der Waals surface area contributed by atoms with E-state index in [1.54, 1.807) is 0 Å². The Balaban J connectivity index is 1.38. The van der Waals surface area contributed by atoms with Gasteiger partial charge in [0.05, 0.1) is 0 Å². The largest absolute Gasteiger partial charge is 0.287 e. The van der Waals surface area contributed by atoms with Crippen molar-refractivity contribution in [2.75, 3.05) is 6.54 Å². The maximum Gasteiger partial charge on any atom is 0.0416 e. The van der Waals surface area contributed by atoms with Crippen molar-refractivity contribution >= 4 is 6.08 Å². The van der Waals surface area contributed by atoms with Crippen LogP contribution >= 0.6 is 0 Å². The number of hydrogen-bond acceptors (Lipinski definition) is 1. The standard InChI is InChI=1S/C24H23N/c1-19(21-8-4-2-5-9-21)25-18-24(25)17-14-20-12-15-23(16-13-20)22-10-6-3-7-11-22/h2-17,19,24H,18H2,1H3/b17-14+/t19-,24+,25?/m1/s1. The topological polar surface area (TPSA) is 3.01 Å². The Morgan fingerprint density at radius 1 is 0.800 bits per heavy atom. The summed E-state index contributed by atoms with van der Waals surface area (Å²) in [5.41, 5.74) is 5.19. The molecule has 1 heteroatoms. The molecular formula is C24H23N. The van der Waals surface area contributed by atoms with Crippen LogP contribution in [0.15, 0.2) is 91.0 Å². The van der Waals surface area contributed by atoms with Crippen LogP contribution in [0.1, 0.15) is 24.1 Å². The molecule has 0 saturated carbocycles. The molecule has 1 saturated heterocycles. The molecule has 0 N–H and O–H groups in total. The van der Waals surface area contributed by atoms with E-state index >= 15 is 0 Å². The maximum atomic E-state index is 2.52. The van der Waals surface area contributed by atoms with E-state index in [1.807, 2.05) is 0 Å². The van der Waals surface area contributed by atoms with Crippen LogP contribution in [0.25, 0.3) is 17.2 Å². The molecular weight excluding hydrogens is 302 g/mol. The van der Waals surface area contributed by atoms with Crippen molar-refractivity contribution in [2.24, 2.45) is 0 Å². The second-order valence-corrected chi connectivity index (χ2v) is 6.70. The molecule has 4 rings (SSSR count). The summed E-state index contributed by atoms with van der Waals surface area (Å²) in [7, 11) is 0. The van der Waals surface area contributed by atoms with Crippen LogP contribution in [0.5, 0.6) is 0 Å². The summed E-state index contributed by atoms with van der Waals surface area (Å²) in [6, 6.07) is 31.1. The van der Waals surface area contributed by atoms with Crippen LogP contribution in [0.3, 0.4) is 0 Å². The van der Waals surface area contributed by atoms with E-state index in [2.05, 4.69) is 109 Å². The highest BCUT2D eigenvalue weighted by atomic mass is 15.3. The Kier molecular flexibility index (Phi) is 4.49. The highest BCUT2D eigenvalue weighted by Crippen LogP contribution is 2.32. The average Bonchev–Trinajstić information content (AvgIpc) is 3.47. The molecule has 1 fully saturated rings. The SMILES string of the molecule is C[C@H](c1ccccc1)N1C[C@@H]1/C=C/c1ccc(-c2ccccc2)cc1. The molecule has 1 aliphatic heterocycles. The fraction of sp³-hybridized carbons (Fsp3) is 0.167. The third kappa shape index (κ3) is 3.72. The lowest BCUT2D eigenvalue weighted by Crippen LogP contribution is -2.07. The smallest absolute Gasteiger partial charge is 0.0416 e. The van der Waals surface area contributed by atoms with E-state index in [1.165, 1.54) is 22.3 Å². The minimum Gasteiger partial charge on any atom is -0.287 e. The number of rotatable bonds is 5. The first-order chi connectivity index (χ1) is 12.3. The molecule has 25 heavy (non-hydrogen) atoms. The van der Waals surface area contributed by atoms with Crippen molar-refractivity contribution in [3.8, 4) is 11.1 Å². The van der Waals surface area contributed by atoms with Gasteiger partial charge in [0, 0.05) is 18.6 Å². The van der Waals surface area contributed by atoms with Crippen LogP contribution in [0.4, 0.5) is 0 Å². The first-order valence-electron chi connectivity index (χ1n) is 8.95. The maximum absolute atomic E-state index is 2.52. The second kappa shape index (κ2) is 7.08. The molecule has 124 valence electrons. The molecule has 0 aliphatic carbocycles. The fourth-order valence-electron chi connectivity index (χ4n) is 3.35. The predicted molar refractivity (Wildman–Crippen MR) is 106 cm³/mol. The molecule has 0 radical (unpaired) electrons. The third-order valence-corrected chi connectivity index (χ3v) is 5.00. The van der Waals surface area contributed by atoms with Gasteiger partial charge in [0.25, 0.3) is 0 Å².